The first-order valence-electron chi connectivity index (χ1n) is 7.71. The van der Waals surface area contributed by atoms with Crippen LogP contribution < -0.4 is 16.4 Å². The number of halogens is 1. The zero-order valence-corrected chi connectivity index (χ0v) is 13.1. The number of amides is 1. The number of rotatable bonds is 9. The molecule has 5 nitrogen and oxygen atoms in total. The first-order valence-corrected chi connectivity index (χ1v) is 7.71. The molecule has 0 aliphatic carbocycles. The molecule has 0 aromatic heterocycles. The molecule has 0 saturated heterocycles. The van der Waals surface area contributed by atoms with Crippen molar-refractivity contribution in [3.05, 3.63) is 35.6 Å². The van der Waals surface area contributed by atoms with Gasteiger partial charge in [-0.2, -0.15) is 0 Å². The van der Waals surface area contributed by atoms with Gasteiger partial charge in [0.15, 0.2) is 5.96 Å². The highest BCUT2D eigenvalue weighted by atomic mass is 19.1. The number of nitrogens with two attached hydrogens (primary N) is 1. The summed E-state index contributed by atoms with van der Waals surface area (Å²) in [5, 5.41) is 5.54. The number of hydrogen-bond donors (Lipinski definition) is 3. The minimum Gasteiger partial charge on any atom is -0.370 e. The van der Waals surface area contributed by atoms with Gasteiger partial charge in [-0.15, -0.1) is 0 Å². The van der Waals surface area contributed by atoms with Crippen LogP contribution >= 0.6 is 0 Å². The summed E-state index contributed by atoms with van der Waals surface area (Å²) in [6, 6.07) is 5.88. The smallest absolute Gasteiger partial charge is 0.254 e. The molecule has 0 radical (unpaired) electrons. The van der Waals surface area contributed by atoms with E-state index in [1.54, 1.807) is 12.1 Å². The van der Waals surface area contributed by atoms with Gasteiger partial charge in [-0.1, -0.05) is 38.3 Å². The van der Waals surface area contributed by atoms with Gasteiger partial charge >= 0.3 is 0 Å². The lowest BCUT2D eigenvalue weighted by molar-refractivity contribution is 0.0950. The van der Waals surface area contributed by atoms with E-state index in [2.05, 4.69) is 22.5 Å². The molecule has 1 amide bonds. The molecule has 0 fully saturated rings. The van der Waals surface area contributed by atoms with Crippen molar-refractivity contribution >= 4 is 11.9 Å². The lowest BCUT2D eigenvalue weighted by Crippen LogP contribution is -2.38. The average molecular weight is 308 g/mol. The summed E-state index contributed by atoms with van der Waals surface area (Å²) in [5.41, 5.74) is 5.75. The Labute approximate surface area is 131 Å². The number of carbonyl (C=O) groups excluding carboxylic acids is 1. The second-order valence-corrected chi connectivity index (χ2v) is 4.99. The van der Waals surface area contributed by atoms with Crippen LogP contribution in [0.3, 0.4) is 0 Å². The Kier molecular flexibility index (Phi) is 8.64. The third-order valence-corrected chi connectivity index (χ3v) is 3.13. The maximum Gasteiger partial charge on any atom is 0.254 e. The van der Waals surface area contributed by atoms with Crippen LogP contribution in [0.15, 0.2) is 29.3 Å². The number of carbonyl (C=O) groups is 1. The van der Waals surface area contributed by atoms with Gasteiger partial charge in [0.05, 0.1) is 5.56 Å². The zero-order valence-electron chi connectivity index (χ0n) is 13.1. The number of unbranched alkanes of at least 4 members (excludes halogenated alkanes) is 3. The number of hydrogen-bond acceptors (Lipinski definition) is 2. The Hall–Kier alpha value is -2.11. The molecule has 0 unspecified atom stereocenters. The predicted octanol–water partition coefficient (Wildman–Crippen LogP) is 2.04. The molecule has 0 saturated carbocycles. The van der Waals surface area contributed by atoms with E-state index in [4.69, 9.17) is 5.73 Å². The van der Waals surface area contributed by atoms with Crippen molar-refractivity contribution in [3.8, 4) is 0 Å². The average Bonchev–Trinajstić information content (AvgIpc) is 2.51. The lowest BCUT2D eigenvalue weighted by Gasteiger charge is -2.08. The summed E-state index contributed by atoms with van der Waals surface area (Å²) < 4.78 is 13.4. The van der Waals surface area contributed by atoms with Crippen LogP contribution in [0.1, 0.15) is 43.0 Å². The molecule has 122 valence electrons. The van der Waals surface area contributed by atoms with Gasteiger partial charge < -0.3 is 16.4 Å². The topological polar surface area (TPSA) is 79.5 Å². The Bertz CT molecular complexity index is 491. The van der Waals surface area contributed by atoms with Gasteiger partial charge in [-0.25, -0.2) is 4.39 Å². The molecule has 0 aliphatic rings. The summed E-state index contributed by atoms with van der Waals surface area (Å²) in [7, 11) is 0. The fourth-order valence-corrected chi connectivity index (χ4v) is 1.90. The van der Waals surface area contributed by atoms with Gasteiger partial charge in [-0.05, 0) is 18.6 Å². The largest absolute Gasteiger partial charge is 0.370 e. The van der Waals surface area contributed by atoms with E-state index in [-0.39, 0.29) is 5.56 Å². The minimum absolute atomic E-state index is 0.0417. The van der Waals surface area contributed by atoms with Gasteiger partial charge in [0, 0.05) is 19.6 Å². The Morgan fingerprint density at radius 2 is 1.91 bits per heavy atom. The number of aliphatic imine (C=N–C) groups is 1. The van der Waals surface area contributed by atoms with Crippen LogP contribution in [-0.2, 0) is 0 Å². The quantitative estimate of drug-likeness (QED) is 0.371. The standard InChI is InChI=1S/C16H25FN4O/c1-2-3-4-7-10-20-16(18)21-12-11-19-15(22)13-8-5-6-9-14(13)17/h5-6,8-9H,2-4,7,10-12H2,1H3,(H,19,22)(H3,18,20,21). The molecule has 0 spiro atoms. The Morgan fingerprint density at radius 3 is 2.64 bits per heavy atom. The molecule has 1 rings (SSSR count). The molecule has 0 atom stereocenters. The van der Waals surface area contributed by atoms with Crippen molar-refractivity contribution in [1.82, 2.24) is 10.6 Å². The summed E-state index contributed by atoms with van der Waals surface area (Å²) in [5.74, 6) is -0.590. The summed E-state index contributed by atoms with van der Waals surface area (Å²) in [6.45, 7) is 3.67. The lowest BCUT2D eigenvalue weighted by atomic mass is 10.2. The first-order chi connectivity index (χ1) is 10.6. The normalized spacial score (nSPS) is 11.3. The molecule has 4 N–H and O–H groups in total. The Balaban J connectivity index is 2.18. The number of guanidine groups is 1. The van der Waals surface area contributed by atoms with E-state index in [0.717, 1.165) is 12.8 Å². The molecule has 1 aromatic rings. The summed E-state index contributed by atoms with van der Waals surface area (Å²) >= 11 is 0. The van der Waals surface area contributed by atoms with Crippen LogP contribution in [0.5, 0.6) is 0 Å². The number of nitrogens with zero attached hydrogens (tertiary/aromatic N) is 1. The van der Waals surface area contributed by atoms with Crippen molar-refractivity contribution in [1.29, 1.82) is 0 Å². The van der Waals surface area contributed by atoms with Gasteiger partial charge in [-0.3, -0.25) is 9.79 Å². The van der Waals surface area contributed by atoms with E-state index in [9.17, 15) is 9.18 Å². The molecule has 1 aromatic carbocycles. The van der Waals surface area contributed by atoms with Crippen molar-refractivity contribution in [2.24, 2.45) is 10.7 Å². The van der Waals surface area contributed by atoms with Crippen molar-refractivity contribution in [3.63, 3.8) is 0 Å². The van der Waals surface area contributed by atoms with Crippen LogP contribution in [0.4, 0.5) is 4.39 Å². The van der Waals surface area contributed by atoms with Crippen LogP contribution in [-0.4, -0.2) is 31.5 Å². The second-order valence-electron chi connectivity index (χ2n) is 4.99. The third-order valence-electron chi connectivity index (χ3n) is 3.13. The van der Waals surface area contributed by atoms with Crippen LogP contribution in [0, 0.1) is 5.82 Å². The maximum atomic E-state index is 13.4. The molecule has 22 heavy (non-hydrogen) atoms. The van der Waals surface area contributed by atoms with E-state index in [0.29, 0.717) is 25.6 Å². The van der Waals surface area contributed by atoms with E-state index in [1.807, 2.05) is 0 Å². The summed E-state index contributed by atoms with van der Waals surface area (Å²) in [6.07, 6.45) is 4.59. The SMILES string of the molecule is CCCCCCN=C(N)NCCNC(=O)c1ccccc1F. The molecule has 0 aliphatic heterocycles. The van der Waals surface area contributed by atoms with Gasteiger partial charge in [0.1, 0.15) is 5.82 Å². The first kappa shape index (κ1) is 17.9. The highest BCUT2D eigenvalue weighted by Gasteiger charge is 2.09. The second kappa shape index (κ2) is 10.6. The van der Waals surface area contributed by atoms with Crippen molar-refractivity contribution in [2.75, 3.05) is 19.6 Å². The van der Waals surface area contributed by atoms with E-state index < -0.39 is 11.7 Å². The van der Waals surface area contributed by atoms with Crippen molar-refractivity contribution in [2.45, 2.75) is 32.6 Å². The highest BCUT2D eigenvalue weighted by Crippen LogP contribution is 2.05. The monoisotopic (exact) mass is 308 g/mol. The highest BCUT2D eigenvalue weighted by molar-refractivity contribution is 5.94. The molecular formula is C16H25FN4O. The molecule has 0 heterocycles. The fourth-order valence-electron chi connectivity index (χ4n) is 1.90. The van der Waals surface area contributed by atoms with Crippen molar-refractivity contribution < 1.29 is 9.18 Å². The fraction of sp³-hybridized carbons (Fsp3) is 0.500. The van der Waals surface area contributed by atoms with E-state index >= 15 is 0 Å². The number of nitrogens with one attached hydrogen (secondary N) is 2. The minimum atomic E-state index is -0.527. The number of benzene rings is 1. The van der Waals surface area contributed by atoms with Gasteiger partial charge in [0.2, 0.25) is 0 Å². The predicted molar refractivity (Wildman–Crippen MR) is 87.4 cm³/mol. The molecule has 0 bridgehead atoms. The van der Waals surface area contributed by atoms with Gasteiger partial charge in [0.25, 0.3) is 5.91 Å². The third kappa shape index (κ3) is 7.06. The van der Waals surface area contributed by atoms with Crippen LogP contribution in [0.25, 0.3) is 0 Å². The Morgan fingerprint density at radius 1 is 1.18 bits per heavy atom. The summed E-state index contributed by atoms with van der Waals surface area (Å²) in [4.78, 5) is 15.9. The van der Waals surface area contributed by atoms with Crippen LogP contribution in [0.2, 0.25) is 0 Å². The van der Waals surface area contributed by atoms with E-state index in [1.165, 1.54) is 25.0 Å². The maximum absolute atomic E-state index is 13.4. The molecule has 6 heteroatoms. The molecular weight excluding hydrogens is 283 g/mol. The zero-order chi connectivity index (χ0) is 16.2.